The number of aryl methyl sites for hydroxylation is 1. The molecule has 7 heteroatoms. The molecule has 1 amide bonds. The molecule has 156 valence electrons. The highest BCUT2D eigenvalue weighted by atomic mass is 35.5. The molecule has 0 aliphatic heterocycles. The highest BCUT2D eigenvalue weighted by Crippen LogP contribution is 2.30. The van der Waals surface area contributed by atoms with E-state index < -0.39 is 22.5 Å². The van der Waals surface area contributed by atoms with Crippen molar-refractivity contribution in [2.24, 2.45) is 0 Å². The SMILES string of the molecule is Cc1ccc([C@H](C)NC(=O)CN(c2ccccc2Cl)S(=O)(=O)c2ccccc2)cc1. The summed E-state index contributed by atoms with van der Waals surface area (Å²) in [6.45, 7) is 3.45. The molecule has 0 aromatic heterocycles. The third kappa shape index (κ3) is 5.01. The van der Waals surface area contributed by atoms with E-state index in [0.29, 0.717) is 0 Å². The van der Waals surface area contributed by atoms with Gasteiger partial charge in [0.25, 0.3) is 10.0 Å². The van der Waals surface area contributed by atoms with Crippen LogP contribution in [0.15, 0.2) is 83.8 Å². The summed E-state index contributed by atoms with van der Waals surface area (Å²) < 4.78 is 27.6. The standard InChI is InChI=1S/C23H23ClN2O3S/c1-17-12-14-19(15-13-17)18(2)25-23(27)16-26(22-11-7-6-10-21(22)24)30(28,29)20-8-4-3-5-9-20/h3-15,18H,16H2,1-2H3,(H,25,27)/t18-/m0/s1. The fraction of sp³-hybridized carbons (Fsp3) is 0.174. The van der Waals surface area contributed by atoms with Crippen LogP contribution in [0.25, 0.3) is 0 Å². The Morgan fingerprint density at radius 3 is 2.20 bits per heavy atom. The van der Waals surface area contributed by atoms with Gasteiger partial charge in [-0.3, -0.25) is 9.10 Å². The number of para-hydroxylation sites is 1. The molecule has 3 aromatic carbocycles. The maximum Gasteiger partial charge on any atom is 0.264 e. The van der Waals surface area contributed by atoms with Crippen LogP contribution in [0.5, 0.6) is 0 Å². The zero-order valence-electron chi connectivity index (χ0n) is 16.7. The highest BCUT2D eigenvalue weighted by molar-refractivity contribution is 7.92. The lowest BCUT2D eigenvalue weighted by Crippen LogP contribution is -2.41. The van der Waals surface area contributed by atoms with Gasteiger partial charge >= 0.3 is 0 Å². The summed E-state index contributed by atoms with van der Waals surface area (Å²) in [5, 5.41) is 3.12. The molecule has 30 heavy (non-hydrogen) atoms. The number of hydrogen-bond donors (Lipinski definition) is 1. The lowest BCUT2D eigenvalue weighted by Gasteiger charge is -2.26. The van der Waals surface area contributed by atoms with Crippen LogP contribution in [0.1, 0.15) is 24.1 Å². The first kappa shape index (κ1) is 21.9. The summed E-state index contributed by atoms with van der Waals surface area (Å²) in [4.78, 5) is 12.9. The Morgan fingerprint density at radius 2 is 1.57 bits per heavy atom. The predicted octanol–water partition coefficient (Wildman–Crippen LogP) is 4.72. The molecule has 0 heterocycles. The second kappa shape index (κ2) is 9.32. The maximum atomic E-state index is 13.3. The third-order valence-corrected chi connectivity index (χ3v) is 6.79. The molecule has 0 aliphatic carbocycles. The molecule has 1 N–H and O–H groups in total. The van der Waals surface area contributed by atoms with E-state index in [1.54, 1.807) is 42.5 Å². The molecule has 0 aliphatic rings. The Balaban J connectivity index is 1.88. The monoisotopic (exact) mass is 442 g/mol. The number of anilines is 1. The molecule has 3 rings (SSSR count). The minimum absolute atomic E-state index is 0.0873. The number of amides is 1. The van der Waals surface area contributed by atoms with Crippen molar-refractivity contribution in [1.29, 1.82) is 0 Å². The number of benzene rings is 3. The summed E-state index contributed by atoms with van der Waals surface area (Å²) in [6.07, 6.45) is 0. The average molecular weight is 443 g/mol. The highest BCUT2D eigenvalue weighted by Gasteiger charge is 2.28. The van der Waals surface area contributed by atoms with Crippen molar-refractivity contribution in [2.75, 3.05) is 10.8 Å². The number of carbonyl (C=O) groups is 1. The first-order valence-electron chi connectivity index (χ1n) is 9.47. The molecule has 0 bridgehead atoms. The smallest absolute Gasteiger partial charge is 0.264 e. The number of hydrogen-bond acceptors (Lipinski definition) is 3. The summed E-state index contributed by atoms with van der Waals surface area (Å²) in [6, 6.07) is 22.1. The van der Waals surface area contributed by atoms with E-state index in [1.807, 2.05) is 38.1 Å². The van der Waals surface area contributed by atoms with Gasteiger partial charge in [-0.25, -0.2) is 8.42 Å². The van der Waals surface area contributed by atoms with Crippen LogP contribution in [-0.2, 0) is 14.8 Å². The topological polar surface area (TPSA) is 66.5 Å². The first-order chi connectivity index (χ1) is 14.3. The van der Waals surface area contributed by atoms with Crippen molar-refractivity contribution < 1.29 is 13.2 Å². The Labute approximate surface area is 182 Å². The van der Waals surface area contributed by atoms with Crippen molar-refractivity contribution in [1.82, 2.24) is 5.32 Å². The fourth-order valence-electron chi connectivity index (χ4n) is 3.03. The summed E-state index contributed by atoms with van der Waals surface area (Å²) >= 11 is 6.27. The van der Waals surface area contributed by atoms with Crippen LogP contribution in [-0.4, -0.2) is 20.9 Å². The molecule has 0 radical (unpaired) electrons. The molecule has 5 nitrogen and oxygen atoms in total. The molecular weight excluding hydrogens is 420 g/mol. The van der Waals surface area contributed by atoms with Gasteiger partial charge in [-0.15, -0.1) is 0 Å². The van der Waals surface area contributed by atoms with E-state index in [4.69, 9.17) is 11.6 Å². The Morgan fingerprint density at radius 1 is 0.967 bits per heavy atom. The second-order valence-corrected chi connectivity index (χ2v) is 9.25. The van der Waals surface area contributed by atoms with Crippen molar-refractivity contribution in [2.45, 2.75) is 24.8 Å². The van der Waals surface area contributed by atoms with Crippen LogP contribution < -0.4 is 9.62 Å². The molecule has 0 unspecified atom stereocenters. The van der Waals surface area contributed by atoms with Gasteiger partial charge in [0.05, 0.1) is 21.6 Å². The number of carbonyl (C=O) groups excluding carboxylic acids is 1. The van der Waals surface area contributed by atoms with Crippen LogP contribution >= 0.6 is 11.6 Å². The van der Waals surface area contributed by atoms with E-state index >= 15 is 0 Å². The lowest BCUT2D eigenvalue weighted by molar-refractivity contribution is -0.120. The first-order valence-corrected chi connectivity index (χ1v) is 11.3. The van der Waals surface area contributed by atoms with Crippen molar-refractivity contribution in [3.8, 4) is 0 Å². The van der Waals surface area contributed by atoms with Crippen molar-refractivity contribution in [3.63, 3.8) is 0 Å². The lowest BCUT2D eigenvalue weighted by atomic mass is 10.1. The average Bonchev–Trinajstić information content (AvgIpc) is 2.73. The molecule has 0 saturated heterocycles. The predicted molar refractivity (Wildman–Crippen MR) is 120 cm³/mol. The quantitative estimate of drug-likeness (QED) is 0.575. The van der Waals surface area contributed by atoms with E-state index in [9.17, 15) is 13.2 Å². The van der Waals surface area contributed by atoms with Crippen molar-refractivity contribution in [3.05, 3.63) is 95.0 Å². The number of rotatable bonds is 7. The number of nitrogens with zero attached hydrogens (tertiary/aromatic N) is 1. The van der Waals surface area contributed by atoms with E-state index in [1.165, 1.54) is 12.1 Å². The Hall–Kier alpha value is -2.83. The molecule has 0 fully saturated rings. The number of nitrogens with one attached hydrogen (secondary N) is 1. The minimum Gasteiger partial charge on any atom is -0.348 e. The summed E-state index contributed by atoms with van der Waals surface area (Å²) in [7, 11) is -3.99. The molecular formula is C23H23ClN2O3S. The fourth-order valence-corrected chi connectivity index (χ4v) is 4.78. The van der Waals surface area contributed by atoms with E-state index in [2.05, 4.69) is 5.32 Å². The van der Waals surface area contributed by atoms with Gasteiger partial charge in [-0.2, -0.15) is 0 Å². The van der Waals surface area contributed by atoms with Gasteiger partial charge in [0.2, 0.25) is 5.91 Å². The van der Waals surface area contributed by atoms with Crippen LogP contribution in [0.2, 0.25) is 5.02 Å². The van der Waals surface area contributed by atoms with Crippen LogP contribution in [0, 0.1) is 6.92 Å². The second-order valence-electron chi connectivity index (χ2n) is 6.98. The minimum atomic E-state index is -3.99. The molecule has 3 aromatic rings. The van der Waals surface area contributed by atoms with Gasteiger partial charge in [0.15, 0.2) is 0 Å². The molecule has 1 atom stereocenters. The normalized spacial score (nSPS) is 12.2. The summed E-state index contributed by atoms with van der Waals surface area (Å²) in [5.74, 6) is -0.428. The van der Waals surface area contributed by atoms with Gasteiger partial charge in [-0.1, -0.05) is 71.8 Å². The Bertz CT molecular complexity index is 1120. The maximum absolute atomic E-state index is 13.3. The Kier molecular flexibility index (Phi) is 6.80. The van der Waals surface area contributed by atoms with Crippen LogP contribution in [0.4, 0.5) is 5.69 Å². The van der Waals surface area contributed by atoms with Gasteiger partial charge < -0.3 is 5.32 Å². The van der Waals surface area contributed by atoms with E-state index in [-0.39, 0.29) is 21.6 Å². The largest absolute Gasteiger partial charge is 0.348 e. The number of halogens is 1. The molecule has 0 saturated carbocycles. The zero-order chi connectivity index (χ0) is 21.7. The molecule has 0 spiro atoms. The summed E-state index contributed by atoms with van der Waals surface area (Å²) in [5.41, 5.74) is 2.31. The number of sulfonamides is 1. The van der Waals surface area contributed by atoms with Gasteiger partial charge in [-0.05, 0) is 43.7 Å². The third-order valence-electron chi connectivity index (χ3n) is 4.69. The van der Waals surface area contributed by atoms with E-state index in [0.717, 1.165) is 15.4 Å². The van der Waals surface area contributed by atoms with Gasteiger partial charge in [0, 0.05) is 0 Å². The zero-order valence-corrected chi connectivity index (χ0v) is 18.3. The van der Waals surface area contributed by atoms with Gasteiger partial charge in [0.1, 0.15) is 6.54 Å². The van der Waals surface area contributed by atoms with Crippen LogP contribution in [0.3, 0.4) is 0 Å². The van der Waals surface area contributed by atoms with Crippen molar-refractivity contribution >= 4 is 33.2 Å².